The number of carbonyl (C=O) groups is 4. The van der Waals surface area contributed by atoms with Gasteiger partial charge in [-0.1, -0.05) is 12.8 Å². The van der Waals surface area contributed by atoms with Gasteiger partial charge in [-0.15, -0.1) is 22.7 Å². The van der Waals surface area contributed by atoms with Crippen LogP contribution in [0, 0.1) is 0 Å². The van der Waals surface area contributed by atoms with Crippen LogP contribution in [0.4, 0.5) is 10.0 Å². The molecule has 218 valence electrons. The van der Waals surface area contributed by atoms with Gasteiger partial charge in [0.25, 0.3) is 0 Å². The number of carbonyl (C=O) groups excluding carboxylic acids is 4. The van der Waals surface area contributed by atoms with Crippen molar-refractivity contribution in [2.24, 2.45) is 0 Å². The predicted octanol–water partition coefficient (Wildman–Crippen LogP) is 6.84. The summed E-state index contributed by atoms with van der Waals surface area (Å²) in [5, 5.41) is 6.78. The van der Waals surface area contributed by atoms with E-state index in [4.69, 9.17) is 9.47 Å². The first-order valence-electron chi connectivity index (χ1n) is 14.4. The van der Waals surface area contributed by atoms with Gasteiger partial charge in [-0.3, -0.25) is 9.59 Å². The minimum atomic E-state index is -0.416. The summed E-state index contributed by atoms with van der Waals surface area (Å²) in [5.41, 5.74) is 2.89. The molecule has 0 unspecified atom stereocenters. The lowest BCUT2D eigenvalue weighted by Crippen LogP contribution is -2.20. The third-order valence-electron chi connectivity index (χ3n) is 7.02. The predicted molar refractivity (Wildman–Crippen MR) is 159 cm³/mol. The molecule has 2 amide bonds. The molecule has 0 spiro atoms. The van der Waals surface area contributed by atoms with Gasteiger partial charge in [-0.2, -0.15) is 0 Å². The molecular weight excluding hydrogens is 548 g/mol. The highest BCUT2D eigenvalue weighted by molar-refractivity contribution is 7.17. The van der Waals surface area contributed by atoms with E-state index in [9.17, 15) is 19.2 Å². The maximum atomic E-state index is 13.0. The van der Waals surface area contributed by atoms with Crippen molar-refractivity contribution in [3.8, 4) is 0 Å². The highest BCUT2D eigenvalue weighted by Crippen LogP contribution is 2.39. The molecule has 8 nitrogen and oxygen atoms in total. The van der Waals surface area contributed by atoms with E-state index in [0.29, 0.717) is 21.1 Å². The van der Waals surface area contributed by atoms with Crippen LogP contribution < -0.4 is 10.6 Å². The van der Waals surface area contributed by atoms with Crippen molar-refractivity contribution < 1.29 is 28.7 Å². The number of fused-ring (bicyclic) bond motifs is 2. The van der Waals surface area contributed by atoms with Gasteiger partial charge >= 0.3 is 11.9 Å². The van der Waals surface area contributed by atoms with Crippen LogP contribution in [0.1, 0.15) is 121 Å². The van der Waals surface area contributed by atoms with Gasteiger partial charge in [0.1, 0.15) is 10.0 Å². The van der Waals surface area contributed by atoms with Crippen LogP contribution in [0.5, 0.6) is 0 Å². The van der Waals surface area contributed by atoms with Crippen molar-refractivity contribution in [1.29, 1.82) is 0 Å². The van der Waals surface area contributed by atoms with Gasteiger partial charge in [-0.25, -0.2) is 9.59 Å². The molecule has 2 heterocycles. The first kappa shape index (κ1) is 30.2. The first-order valence-corrected chi connectivity index (χ1v) is 16.1. The van der Waals surface area contributed by atoms with E-state index in [-0.39, 0.29) is 36.9 Å². The van der Waals surface area contributed by atoms with Crippen LogP contribution in [0.2, 0.25) is 0 Å². The van der Waals surface area contributed by atoms with E-state index < -0.39 is 11.9 Å². The molecule has 0 fully saturated rings. The van der Waals surface area contributed by atoms with Gasteiger partial charge in [-0.05, 0) is 90.2 Å². The number of anilines is 2. The number of rotatable bonds is 9. The Morgan fingerprint density at radius 1 is 0.625 bits per heavy atom. The normalized spacial score (nSPS) is 15.1. The van der Waals surface area contributed by atoms with Crippen LogP contribution >= 0.6 is 22.7 Å². The quantitative estimate of drug-likeness (QED) is 0.245. The Morgan fingerprint density at radius 3 is 1.38 bits per heavy atom. The SMILES string of the molecule is CC(C)OC(=O)c1c(NC(=O)CCC(=O)Nc2sc3c(c2C(=O)OC(C)C)CCCCC3)sc2c1CCCCC2. The lowest BCUT2D eigenvalue weighted by atomic mass is 10.1. The molecule has 0 aliphatic heterocycles. The standard InChI is InChI=1S/C30H40N2O6S2/c1-17(2)37-29(35)25-19-11-7-5-9-13-21(19)39-27(25)31-23(33)15-16-24(34)32-28-26(30(36)38-18(3)4)20-12-8-6-10-14-22(20)40-28/h17-18H,5-16H2,1-4H3,(H,31,33)(H,32,34). The van der Waals surface area contributed by atoms with Crippen molar-refractivity contribution in [2.45, 2.75) is 117 Å². The molecule has 0 aromatic carbocycles. The second kappa shape index (κ2) is 13.8. The highest BCUT2D eigenvalue weighted by Gasteiger charge is 2.29. The van der Waals surface area contributed by atoms with Gasteiger partial charge < -0.3 is 20.1 Å². The third kappa shape index (κ3) is 7.51. The summed E-state index contributed by atoms with van der Waals surface area (Å²) in [6, 6.07) is 0. The number of thiophene rings is 2. The van der Waals surface area contributed by atoms with Crippen LogP contribution in [-0.4, -0.2) is 36.0 Å². The van der Waals surface area contributed by atoms with Gasteiger partial charge in [0.05, 0.1) is 23.3 Å². The summed E-state index contributed by atoms with van der Waals surface area (Å²) in [5.74, 6) is -1.51. The fraction of sp³-hybridized carbons (Fsp3) is 0.600. The molecule has 2 aliphatic carbocycles. The number of esters is 2. The van der Waals surface area contributed by atoms with Crippen molar-refractivity contribution in [3.63, 3.8) is 0 Å². The van der Waals surface area contributed by atoms with Gasteiger partial charge in [0.2, 0.25) is 11.8 Å². The topological polar surface area (TPSA) is 111 Å². The summed E-state index contributed by atoms with van der Waals surface area (Å²) in [7, 11) is 0. The number of ether oxygens (including phenoxy) is 2. The number of amides is 2. The van der Waals surface area contributed by atoms with Crippen molar-refractivity contribution in [1.82, 2.24) is 0 Å². The second-order valence-corrected chi connectivity index (χ2v) is 13.3. The maximum absolute atomic E-state index is 13.0. The number of hydrogen-bond donors (Lipinski definition) is 2. The zero-order valence-electron chi connectivity index (χ0n) is 23.9. The summed E-state index contributed by atoms with van der Waals surface area (Å²) < 4.78 is 11.0. The number of hydrogen-bond acceptors (Lipinski definition) is 8. The highest BCUT2D eigenvalue weighted by atomic mass is 32.1. The Hall–Kier alpha value is -2.72. The van der Waals surface area contributed by atoms with E-state index in [1.54, 1.807) is 27.7 Å². The fourth-order valence-corrected chi connectivity index (χ4v) is 7.83. The molecule has 0 radical (unpaired) electrons. The van der Waals surface area contributed by atoms with Crippen LogP contribution in [0.15, 0.2) is 0 Å². The smallest absolute Gasteiger partial charge is 0.341 e. The van der Waals surface area contributed by atoms with Gasteiger partial charge in [0, 0.05) is 22.6 Å². The van der Waals surface area contributed by atoms with E-state index in [1.165, 1.54) is 22.7 Å². The largest absolute Gasteiger partial charge is 0.459 e. The zero-order valence-corrected chi connectivity index (χ0v) is 25.5. The van der Waals surface area contributed by atoms with Crippen LogP contribution in [0.3, 0.4) is 0 Å². The average Bonchev–Trinajstić information content (AvgIpc) is 3.15. The maximum Gasteiger partial charge on any atom is 0.341 e. The zero-order chi connectivity index (χ0) is 28.8. The molecule has 2 aliphatic rings. The van der Waals surface area contributed by atoms with Crippen molar-refractivity contribution in [3.05, 3.63) is 32.0 Å². The molecule has 4 rings (SSSR count). The van der Waals surface area contributed by atoms with E-state index in [2.05, 4.69) is 10.6 Å². The Balaban J connectivity index is 1.44. The van der Waals surface area contributed by atoms with Crippen molar-refractivity contribution >= 4 is 56.4 Å². The Labute approximate surface area is 244 Å². The lowest BCUT2D eigenvalue weighted by Gasteiger charge is -2.12. The Kier molecular flexibility index (Phi) is 10.4. The Bertz CT molecular complexity index is 1160. The number of nitrogens with one attached hydrogen (secondary N) is 2. The number of aryl methyl sites for hydroxylation is 2. The molecule has 2 aromatic rings. The molecule has 2 N–H and O–H groups in total. The van der Waals surface area contributed by atoms with Crippen LogP contribution in [-0.2, 0) is 44.7 Å². The van der Waals surface area contributed by atoms with E-state index in [1.807, 2.05) is 0 Å². The van der Waals surface area contributed by atoms with Gasteiger partial charge in [0.15, 0.2) is 0 Å². The molecular formula is C30H40N2O6S2. The summed E-state index contributed by atoms with van der Waals surface area (Å²) in [4.78, 5) is 54.0. The minimum absolute atomic E-state index is 0.0517. The molecule has 0 atom stereocenters. The summed E-state index contributed by atoms with van der Waals surface area (Å²) in [6.07, 6.45) is 9.03. The molecule has 10 heteroatoms. The Morgan fingerprint density at radius 2 is 1.00 bits per heavy atom. The molecule has 2 aromatic heterocycles. The van der Waals surface area contributed by atoms with E-state index >= 15 is 0 Å². The van der Waals surface area contributed by atoms with Crippen LogP contribution in [0.25, 0.3) is 0 Å². The summed E-state index contributed by atoms with van der Waals surface area (Å²) in [6.45, 7) is 7.22. The molecule has 0 saturated carbocycles. The lowest BCUT2D eigenvalue weighted by molar-refractivity contribution is -0.121. The summed E-state index contributed by atoms with van der Waals surface area (Å²) >= 11 is 2.88. The van der Waals surface area contributed by atoms with E-state index in [0.717, 1.165) is 85.1 Å². The van der Waals surface area contributed by atoms with Crippen molar-refractivity contribution in [2.75, 3.05) is 10.6 Å². The second-order valence-electron chi connectivity index (χ2n) is 11.0. The monoisotopic (exact) mass is 588 g/mol. The molecule has 40 heavy (non-hydrogen) atoms. The average molecular weight is 589 g/mol. The molecule has 0 saturated heterocycles. The molecule has 0 bridgehead atoms. The first-order chi connectivity index (χ1) is 19.1. The minimum Gasteiger partial charge on any atom is -0.459 e. The third-order valence-corrected chi connectivity index (χ3v) is 9.44. The fourth-order valence-electron chi connectivity index (χ4n) is 5.24.